The monoisotopic (exact) mass is 237 g/mol. The Balaban J connectivity index is 2.10. The topological polar surface area (TPSA) is 26.0 Å². The first-order valence-corrected chi connectivity index (χ1v) is 4.91. The molecule has 52 valence electrons. The summed E-state index contributed by atoms with van der Waals surface area (Å²) in [5.41, 5.74) is 5.88. The van der Waals surface area contributed by atoms with Crippen molar-refractivity contribution < 1.29 is 0 Å². The molecule has 0 aromatic carbocycles. The summed E-state index contributed by atoms with van der Waals surface area (Å²) in [4.78, 5) is 0. The molecule has 0 spiro atoms. The Morgan fingerprint density at radius 1 is 1.11 bits per heavy atom. The number of fused-ring (bicyclic) bond motifs is 2. The molecule has 2 N–H and O–H groups in total. The lowest BCUT2D eigenvalue weighted by molar-refractivity contribution is 0.434. The zero-order chi connectivity index (χ0) is 6.43. The highest BCUT2D eigenvalue weighted by Crippen LogP contribution is 2.47. The maximum absolute atomic E-state index is 5.88. The van der Waals surface area contributed by atoms with Crippen molar-refractivity contribution in [1.29, 1.82) is 0 Å². The van der Waals surface area contributed by atoms with E-state index in [9.17, 15) is 0 Å². The summed E-state index contributed by atoms with van der Waals surface area (Å²) in [5.74, 6) is 1.86. The van der Waals surface area contributed by atoms with E-state index in [1.54, 1.807) is 0 Å². The first-order chi connectivity index (χ1) is 4.27. The van der Waals surface area contributed by atoms with E-state index < -0.39 is 0 Å². The summed E-state index contributed by atoms with van der Waals surface area (Å²) < 4.78 is 0.951. The highest BCUT2D eigenvalue weighted by molar-refractivity contribution is 14.1. The molecule has 4 atom stereocenters. The number of hydrogen-bond acceptors (Lipinski definition) is 1. The third-order valence-corrected chi connectivity index (χ3v) is 4.35. The molecule has 2 aliphatic carbocycles. The standard InChI is InChI=1S/C7H12IN/c8-6-2-5-1-4(6)3-7(5)9/h4-7H,1-3,9H2. The SMILES string of the molecule is NC1CC2CC1CC2I. The molecule has 2 fully saturated rings. The van der Waals surface area contributed by atoms with E-state index >= 15 is 0 Å². The highest BCUT2D eigenvalue weighted by Gasteiger charge is 2.42. The van der Waals surface area contributed by atoms with Gasteiger partial charge in [0.15, 0.2) is 0 Å². The maximum Gasteiger partial charge on any atom is 0.0142 e. The fourth-order valence-electron chi connectivity index (χ4n) is 2.25. The molecule has 0 heterocycles. The Bertz CT molecular complexity index is 108. The van der Waals surface area contributed by atoms with Gasteiger partial charge in [0.2, 0.25) is 0 Å². The van der Waals surface area contributed by atoms with Crippen molar-refractivity contribution in [2.24, 2.45) is 17.6 Å². The molecular formula is C7H12IN. The van der Waals surface area contributed by atoms with Gasteiger partial charge in [0.25, 0.3) is 0 Å². The molecule has 0 aromatic rings. The number of nitrogens with two attached hydrogens (primary N) is 1. The van der Waals surface area contributed by atoms with E-state index in [1.807, 2.05) is 0 Å². The lowest BCUT2D eigenvalue weighted by Gasteiger charge is -2.20. The Kier molecular flexibility index (Phi) is 1.49. The van der Waals surface area contributed by atoms with Crippen LogP contribution in [0.4, 0.5) is 0 Å². The van der Waals surface area contributed by atoms with Crippen LogP contribution in [0.3, 0.4) is 0 Å². The van der Waals surface area contributed by atoms with Crippen LogP contribution in [0.1, 0.15) is 19.3 Å². The summed E-state index contributed by atoms with van der Waals surface area (Å²) in [7, 11) is 0. The molecule has 9 heavy (non-hydrogen) atoms. The number of hydrogen-bond donors (Lipinski definition) is 1. The largest absolute Gasteiger partial charge is 0.327 e. The normalized spacial score (nSPS) is 56.7. The van der Waals surface area contributed by atoms with E-state index in [-0.39, 0.29) is 0 Å². The van der Waals surface area contributed by atoms with Gasteiger partial charge in [-0.2, -0.15) is 0 Å². The molecular weight excluding hydrogens is 225 g/mol. The molecule has 2 rings (SSSR count). The van der Waals surface area contributed by atoms with Crippen LogP contribution in [0, 0.1) is 11.8 Å². The molecule has 1 nitrogen and oxygen atoms in total. The second kappa shape index (κ2) is 2.09. The summed E-state index contributed by atoms with van der Waals surface area (Å²) in [6.07, 6.45) is 4.12. The number of halogens is 1. The van der Waals surface area contributed by atoms with Gasteiger partial charge in [0, 0.05) is 9.97 Å². The van der Waals surface area contributed by atoms with Crippen LogP contribution in [0.25, 0.3) is 0 Å². The van der Waals surface area contributed by atoms with E-state index in [1.165, 1.54) is 19.3 Å². The Hall–Kier alpha value is 0.690. The third kappa shape index (κ3) is 0.909. The van der Waals surface area contributed by atoms with Crippen LogP contribution >= 0.6 is 22.6 Å². The Morgan fingerprint density at radius 3 is 2.22 bits per heavy atom. The molecule has 2 saturated carbocycles. The minimum Gasteiger partial charge on any atom is -0.327 e. The maximum atomic E-state index is 5.88. The summed E-state index contributed by atoms with van der Waals surface area (Å²) >= 11 is 2.58. The summed E-state index contributed by atoms with van der Waals surface area (Å²) in [6.45, 7) is 0. The molecule has 2 aliphatic rings. The van der Waals surface area contributed by atoms with Crippen molar-refractivity contribution in [2.75, 3.05) is 0 Å². The van der Waals surface area contributed by atoms with Crippen LogP contribution in [-0.2, 0) is 0 Å². The lowest BCUT2D eigenvalue weighted by atomic mass is 9.96. The van der Waals surface area contributed by atoms with Gasteiger partial charge in [0.05, 0.1) is 0 Å². The molecule has 2 bridgehead atoms. The first kappa shape index (κ1) is 6.40. The van der Waals surface area contributed by atoms with E-state index in [0.29, 0.717) is 6.04 Å². The zero-order valence-corrected chi connectivity index (χ0v) is 7.54. The van der Waals surface area contributed by atoms with Crippen molar-refractivity contribution in [1.82, 2.24) is 0 Å². The van der Waals surface area contributed by atoms with E-state index in [0.717, 1.165) is 15.8 Å². The molecule has 0 amide bonds. The van der Waals surface area contributed by atoms with Crippen molar-refractivity contribution in [3.8, 4) is 0 Å². The van der Waals surface area contributed by atoms with Crippen molar-refractivity contribution in [2.45, 2.75) is 29.2 Å². The Morgan fingerprint density at radius 2 is 1.89 bits per heavy atom. The lowest BCUT2D eigenvalue weighted by Crippen LogP contribution is -2.29. The van der Waals surface area contributed by atoms with Gasteiger partial charge < -0.3 is 5.73 Å². The van der Waals surface area contributed by atoms with Crippen molar-refractivity contribution in [3.63, 3.8) is 0 Å². The second-order valence-electron chi connectivity index (χ2n) is 3.41. The number of alkyl halides is 1. The minimum absolute atomic E-state index is 0.556. The van der Waals surface area contributed by atoms with Gasteiger partial charge in [-0.15, -0.1) is 0 Å². The molecule has 4 unspecified atom stereocenters. The fraction of sp³-hybridized carbons (Fsp3) is 1.00. The van der Waals surface area contributed by atoms with Gasteiger partial charge in [0.1, 0.15) is 0 Å². The first-order valence-electron chi connectivity index (χ1n) is 3.67. The molecule has 0 aromatic heterocycles. The average Bonchev–Trinajstić information content (AvgIpc) is 2.24. The van der Waals surface area contributed by atoms with E-state index in [4.69, 9.17) is 5.73 Å². The van der Waals surface area contributed by atoms with Gasteiger partial charge in [-0.1, -0.05) is 22.6 Å². The third-order valence-electron chi connectivity index (χ3n) is 2.83. The quantitative estimate of drug-likeness (QED) is 0.502. The zero-order valence-electron chi connectivity index (χ0n) is 5.39. The summed E-state index contributed by atoms with van der Waals surface area (Å²) in [6, 6.07) is 0.556. The summed E-state index contributed by atoms with van der Waals surface area (Å²) in [5, 5.41) is 0. The van der Waals surface area contributed by atoms with Gasteiger partial charge in [-0.05, 0) is 31.1 Å². The highest BCUT2D eigenvalue weighted by atomic mass is 127. The average molecular weight is 237 g/mol. The molecule has 2 heteroatoms. The fourth-order valence-corrected chi connectivity index (χ4v) is 3.49. The molecule has 0 radical (unpaired) electrons. The van der Waals surface area contributed by atoms with Gasteiger partial charge in [-0.3, -0.25) is 0 Å². The van der Waals surface area contributed by atoms with Gasteiger partial charge in [-0.25, -0.2) is 0 Å². The van der Waals surface area contributed by atoms with Crippen molar-refractivity contribution >= 4 is 22.6 Å². The van der Waals surface area contributed by atoms with Gasteiger partial charge >= 0.3 is 0 Å². The second-order valence-corrected chi connectivity index (χ2v) is 5.01. The van der Waals surface area contributed by atoms with Crippen LogP contribution < -0.4 is 5.73 Å². The van der Waals surface area contributed by atoms with E-state index in [2.05, 4.69) is 22.6 Å². The van der Waals surface area contributed by atoms with Crippen LogP contribution in [0.15, 0.2) is 0 Å². The minimum atomic E-state index is 0.556. The van der Waals surface area contributed by atoms with Crippen LogP contribution in [-0.4, -0.2) is 9.97 Å². The van der Waals surface area contributed by atoms with Crippen molar-refractivity contribution in [3.05, 3.63) is 0 Å². The Labute approximate surface area is 69.5 Å². The number of rotatable bonds is 0. The molecule has 0 saturated heterocycles. The smallest absolute Gasteiger partial charge is 0.0142 e. The predicted molar refractivity (Wildman–Crippen MR) is 46.6 cm³/mol. The van der Waals surface area contributed by atoms with Crippen LogP contribution in [0.5, 0.6) is 0 Å². The predicted octanol–water partition coefficient (Wildman–Crippen LogP) is 1.55. The van der Waals surface area contributed by atoms with Crippen LogP contribution in [0.2, 0.25) is 0 Å². The molecule has 0 aliphatic heterocycles.